The van der Waals surface area contributed by atoms with Crippen molar-refractivity contribution >= 4 is 16.9 Å². The molecule has 0 spiro atoms. The van der Waals surface area contributed by atoms with Crippen molar-refractivity contribution in [1.82, 2.24) is 5.32 Å². The molecule has 2 rings (SSSR count). The maximum Gasteiger partial charge on any atom is 0.349 e. The fraction of sp³-hybridized carbons (Fsp3) is 0.333. The van der Waals surface area contributed by atoms with Gasteiger partial charge >= 0.3 is 5.63 Å². The molecule has 0 atom stereocenters. The van der Waals surface area contributed by atoms with Crippen LogP contribution in [-0.4, -0.2) is 18.1 Å². The summed E-state index contributed by atoms with van der Waals surface area (Å²) < 4.78 is 4.92. The zero-order valence-electron chi connectivity index (χ0n) is 12.5. The van der Waals surface area contributed by atoms with Gasteiger partial charge in [0.25, 0.3) is 5.91 Å². The molecule has 0 saturated carbocycles. The molecule has 5 heteroatoms. The van der Waals surface area contributed by atoms with Crippen LogP contribution in [0.2, 0.25) is 0 Å². The van der Waals surface area contributed by atoms with Crippen LogP contribution in [0.25, 0.3) is 11.0 Å². The van der Waals surface area contributed by atoms with Crippen molar-refractivity contribution in [1.29, 1.82) is 0 Å². The van der Waals surface area contributed by atoms with Crippen LogP contribution >= 0.6 is 0 Å². The molecule has 5 nitrogen and oxygen atoms in total. The summed E-state index contributed by atoms with van der Waals surface area (Å²) in [5.74, 6) is -0.493. The van der Waals surface area contributed by atoms with E-state index < -0.39 is 11.5 Å². The van der Waals surface area contributed by atoms with Crippen molar-refractivity contribution < 1.29 is 14.3 Å². The van der Waals surface area contributed by atoms with Crippen LogP contribution < -0.4 is 10.9 Å². The molecule has 0 aliphatic heterocycles. The molecule has 0 radical (unpaired) electrons. The highest BCUT2D eigenvalue weighted by Gasteiger charge is 2.11. The largest absolute Gasteiger partial charge is 0.508 e. The molecule has 2 aromatic rings. The monoisotopic (exact) mass is 279 g/mol. The fourth-order valence-electron chi connectivity index (χ4n) is 1.39. The predicted molar refractivity (Wildman–Crippen MR) is 80.2 cm³/mol. The van der Waals surface area contributed by atoms with Crippen LogP contribution in [0, 0.1) is 0 Å². The van der Waals surface area contributed by atoms with Crippen molar-refractivity contribution in [2.75, 3.05) is 7.05 Å². The lowest BCUT2D eigenvalue weighted by molar-refractivity contribution is 0.0959. The van der Waals surface area contributed by atoms with E-state index in [2.05, 4.69) is 5.32 Å². The topological polar surface area (TPSA) is 79.5 Å². The number of amides is 1. The Hall–Kier alpha value is -2.30. The van der Waals surface area contributed by atoms with E-state index in [1.807, 2.05) is 27.7 Å². The van der Waals surface area contributed by atoms with Gasteiger partial charge < -0.3 is 14.8 Å². The predicted octanol–water partition coefficient (Wildman–Crippen LogP) is 2.91. The van der Waals surface area contributed by atoms with Crippen LogP contribution in [0.1, 0.15) is 38.1 Å². The minimum Gasteiger partial charge on any atom is -0.508 e. The molecular formula is C15H21NO4. The van der Waals surface area contributed by atoms with E-state index in [1.165, 1.54) is 25.2 Å². The summed E-state index contributed by atoms with van der Waals surface area (Å²) in [5, 5.41) is 12.1. The SMILES string of the molecule is CC.CC.CNC(=O)c1cc2ccc(O)cc2oc1=O. The number of fused-ring (bicyclic) bond motifs is 1. The van der Waals surface area contributed by atoms with Crippen LogP contribution in [0.5, 0.6) is 5.75 Å². The summed E-state index contributed by atoms with van der Waals surface area (Å²) in [7, 11) is 1.43. The first kappa shape index (κ1) is 17.7. The first-order valence-corrected chi connectivity index (χ1v) is 6.61. The van der Waals surface area contributed by atoms with Crippen LogP contribution in [0.4, 0.5) is 0 Å². The minimum absolute atomic E-state index is 0.00310. The maximum absolute atomic E-state index is 11.4. The minimum atomic E-state index is -0.725. The van der Waals surface area contributed by atoms with Gasteiger partial charge in [0.15, 0.2) is 0 Å². The van der Waals surface area contributed by atoms with Crippen molar-refractivity contribution in [3.05, 3.63) is 40.2 Å². The van der Waals surface area contributed by atoms with Crippen LogP contribution in [-0.2, 0) is 0 Å². The van der Waals surface area contributed by atoms with Gasteiger partial charge in [-0.05, 0) is 18.2 Å². The molecule has 0 unspecified atom stereocenters. The van der Waals surface area contributed by atoms with Gasteiger partial charge in [-0.15, -0.1) is 0 Å². The number of hydrogen-bond donors (Lipinski definition) is 2. The highest BCUT2D eigenvalue weighted by molar-refractivity contribution is 5.96. The zero-order valence-corrected chi connectivity index (χ0v) is 12.5. The second-order valence-electron chi connectivity index (χ2n) is 3.25. The summed E-state index contributed by atoms with van der Waals surface area (Å²) in [5.41, 5.74) is -0.532. The number of carbonyl (C=O) groups excluding carboxylic acids is 1. The highest BCUT2D eigenvalue weighted by atomic mass is 16.4. The highest BCUT2D eigenvalue weighted by Crippen LogP contribution is 2.18. The Labute approximate surface area is 118 Å². The van der Waals surface area contributed by atoms with Crippen molar-refractivity contribution in [3.63, 3.8) is 0 Å². The molecule has 0 fully saturated rings. The smallest absolute Gasteiger partial charge is 0.349 e. The Kier molecular flexibility index (Phi) is 7.74. The van der Waals surface area contributed by atoms with Crippen molar-refractivity contribution in [2.45, 2.75) is 27.7 Å². The van der Waals surface area contributed by atoms with E-state index in [4.69, 9.17) is 4.42 Å². The number of hydrogen-bond acceptors (Lipinski definition) is 4. The number of nitrogens with one attached hydrogen (secondary N) is 1. The second-order valence-corrected chi connectivity index (χ2v) is 3.25. The van der Waals surface area contributed by atoms with Gasteiger partial charge in [0.05, 0.1) is 0 Å². The molecule has 0 bridgehead atoms. The maximum atomic E-state index is 11.4. The molecule has 2 N–H and O–H groups in total. The number of phenolic OH excluding ortho intramolecular Hbond substituents is 1. The molecule has 1 aromatic heterocycles. The molecule has 1 heterocycles. The standard InChI is InChI=1S/C11H9NO4.2C2H6/c1-12-10(14)8-4-6-2-3-7(13)5-9(6)16-11(8)15;2*1-2/h2-5,13H,1H3,(H,12,14);2*1-2H3. The molecule has 1 aromatic carbocycles. The number of rotatable bonds is 1. The van der Waals surface area contributed by atoms with Gasteiger partial charge in [-0.2, -0.15) is 0 Å². The molecule has 0 saturated heterocycles. The molecule has 1 amide bonds. The summed E-state index contributed by atoms with van der Waals surface area (Å²) in [6.07, 6.45) is 0. The molecule has 0 aliphatic rings. The van der Waals surface area contributed by atoms with E-state index in [9.17, 15) is 14.7 Å². The zero-order chi connectivity index (χ0) is 15.7. The summed E-state index contributed by atoms with van der Waals surface area (Å²) >= 11 is 0. The summed E-state index contributed by atoms with van der Waals surface area (Å²) in [6.45, 7) is 8.00. The van der Waals surface area contributed by atoms with Gasteiger partial charge in [-0.25, -0.2) is 4.79 Å². The average molecular weight is 279 g/mol. The van der Waals surface area contributed by atoms with Gasteiger partial charge in [-0.3, -0.25) is 4.79 Å². The second kappa shape index (κ2) is 8.74. The van der Waals surface area contributed by atoms with Gasteiger partial charge in [0, 0.05) is 18.5 Å². The molecule has 20 heavy (non-hydrogen) atoms. The van der Waals surface area contributed by atoms with Crippen LogP contribution in [0.15, 0.2) is 33.5 Å². The molecule has 110 valence electrons. The summed E-state index contributed by atoms with van der Waals surface area (Å²) in [4.78, 5) is 22.8. The Bertz CT molecular complexity index is 617. The van der Waals surface area contributed by atoms with Crippen LogP contribution in [0.3, 0.4) is 0 Å². The first-order valence-electron chi connectivity index (χ1n) is 6.61. The molecular weight excluding hydrogens is 258 g/mol. The lowest BCUT2D eigenvalue weighted by atomic mass is 10.1. The summed E-state index contributed by atoms with van der Waals surface area (Å²) in [6, 6.07) is 5.78. The van der Waals surface area contributed by atoms with E-state index in [0.717, 1.165) is 0 Å². The van der Waals surface area contributed by atoms with Gasteiger partial charge in [0.2, 0.25) is 0 Å². The number of phenols is 1. The Morgan fingerprint density at radius 3 is 2.30 bits per heavy atom. The lowest BCUT2D eigenvalue weighted by Crippen LogP contribution is -2.24. The third-order valence-electron chi connectivity index (χ3n) is 2.19. The van der Waals surface area contributed by atoms with Gasteiger partial charge in [-0.1, -0.05) is 27.7 Å². The van der Waals surface area contributed by atoms with E-state index in [1.54, 1.807) is 6.07 Å². The Morgan fingerprint density at radius 1 is 1.15 bits per heavy atom. The average Bonchev–Trinajstić information content (AvgIpc) is 2.49. The van der Waals surface area contributed by atoms with E-state index >= 15 is 0 Å². The third kappa shape index (κ3) is 4.12. The van der Waals surface area contributed by atoms with E-state index in [0.29, 0.717) is 5.39 Å². The number of carbonyl (C=O) groups is 1. The lowest BCUT2D eigenvalue weighted by Gasteiger charge is -2.01. The number of benzene rings is 1. The third-order valence-corrected chi connectivity index (χ3v) is 2.19. The molecule has 0 aliphatic carbocycles. The Morgan fingerprint density at radius 2 is 1.75 bits per heavy atom. The van der Waals surface area contributed by atoms with Crippen molar-refractivity contribution in [3.8, 4) is 5.75 Å². The normalized spacial score (nSPS) is 8.85. The fourth-order valence-corrected chi connectivity index (χ4v) is 1.39. The number of aromatic hydroxyl groups is 1. The first-order chi connectivity index (χ1) is 9.61. The van der Waals surface area contributed by atoms with Gasteiger partial charge in [0.1, 0.15) is 16.9 Å². The quantitative estimate of drug-likeness (QED) is 0.787. The van der Waals surface area contributed by atoms with E-state index in [-0.39, 0.29) is 16.9 Å². The van der Waals surface area contributed by atoms with Crippen molar-refractivity contribution in [2.24, 2.45) is 0 Å². The Balaban J connectivity index is 0.000000829.